The summed E-state index contributed by atoms with van der Waals surface area (Å²) in [6.45, 7) is 3.70. The van der Waals surface area contributed by atoms with Crippen molar-refractivity contribution in [2.45, 2.75) is 26.3 Å². The number of nitrogens with one attached hydrogen (secondary N) is 2. The monoisotopic (exact) mass is 443 g/mol. The molecule has 0 radical (unpaired) electrons. The van der Waals surface area contributed by atoms with Gasteiger partial charge in [-0.05, 0) is 49.7 Å². The molecule has 0 saturated carbocycles. The van der Waals surface area contributed by atoms with E-state index in [0.29, 0.717) is 22.2 Å². The number of rotatable bonds is 6. The van der Waals surface area contributed by atoms with E-state index in [0.717, 1.165) is 5.56 Å². The quantitative estimate of drug-likeness (QED) is 0.382. The Balaban J connectivity index is 1.68. The van der Waals surface area contributed by atoms with Crippen molar-refractivity contribution in [1.29, 1.82) is 5.41 Å². The third-order valence-electron chi connectivity index (χ3n) is 5.18. The van der Waals surface area contributed by atoms with Gasteiger partial charge in [0.1, 0.15) is 11.6 Å². The molecule has 7 nitrogen and oxygen atoms in total. The predicted octanol–water partition coefficient (Wildman–Crippen LogP) is 4.42. The van der Waals surface area contributed by atoms with Crippen LogP contribution >= 0.6 is 0 Å². The van der Waals surface area contributed by atoms with Crippen molar-refractivity contribution in [2.24, 2.45) is 0 Å². The molecule has 33 heavy (non-hydrogen) atoms. The molecule has 0 aliphatic rings. The molecular weight excluding hydrogens is 421 g/mol. The van der Waals surface area contributed by atoms with E-state index in [9.17, 15) is 14.3 Å². The van der Waals surface area contributed by atoms with Crippen molar-refractivity contribution in [3.05, 3.63) is 83.6 Å². The Hall–Kier alpha value is -4.20. The highest BCUT2D eigenvalue weighted by atomic mass is 19.1. The molecule has 0 fully saturated rings. The molecule has 0 saturated heterocycles. The van der Waals surface area contributed by atoms with E-state index >= 15 is 0 Å². The maximum Gasteiger partial charge on any atom is 0.251 e. The van der Waals surface area contributed by atoms with E-state index in [1.54, 1.807) is 19.1 Å². The number of amides is 1. The molecule has 0 unspecified atom stereocenters. The SMILES string of the molecule is Cc1ccc2c(C(=N)C[C@@H](C)NC(=O)c3ccncc3)nc(-c3c(O)cccc3F)nc2c1. The second kappa shape index (κ2) is 9.12. The van der Waals surface area contributed by atoms with Crippen LogP contribution in [0.1, 0.15) is 35.0 Å². The van der Waals surface area contributed by atoms with Crippen LogP contribution in [0.15, 0.2) is 60.9 Å². The summed E-state index contributed by atoms with van der Waals surface area (Å²) in [5.41, 5.74) is 2.32. The molecule has 166 valence electrons. The van der Waals surface area contributed by atoms with Crippen molar-refractivity contribution in [3.63, 3.8) is 0 Å². The first-order chi connectivity index (χ1) is 15.8. The average Bonchev–Trinajstić information content (AvgIpc) is 2.78. The van der Waals surface area contributed by atoms with Gasteiger partial charge in [0.15, 0.2) is 5.82 Å². The highest BCUT2D eigenvalue weighted by molar-refractivity contribution is 6.08. The highest BCUT2D eigenvalue weighted by Crippen LogP contribution is 2.31. The van der Waals surface area contributed by atoms with Gasteiger partial charge in [-0.1, -0.05) is 18.2 Å². The number of benzene rings is 2. The van der Waals surface area contributed by atoms with E-state index in [2.05, 4.69) is 20.3 Å². The summed E-state index contributed by atoms with van der Waals surface area (Å²) < 4.78 is 14.5. The molecule has 0 aliphatic heterocycles. The van der Waals surface area contributed by atoms with Crippen LogP contribution in [0.4, 0.5) is 4.39 Å². The Morgan fingerprint density at radius 2 is 1.91 bits per heavy atom. The first-order valence-corrected chi connectivity index (χ1v) is 10.4. The number of nitrogens with zero attached hydrogens (tertiary/aromatic N) is 3. The van der Waals surface area contributed by atoms with Gasteiger partial charge in [0, 0.05) is 35.8 Å². The number of halogens is 1. The summed E-state index contributed by atoms with van der Waals surface area (Å²) in [5, 5.41) is 22.4. The molecule has 1 atom stereocenters. The lowest BCUT2D eigenvalue weighted by Crippen LogP contribution is -2.34. The summed E-state index contributed by atoms with van der Waals surface area (Å²) in [6.07, 6.45) is 3.27. The number of aromatic nitrogens is 3. The number of hydrogen-bond donors (Lipinski definition) is 3. The predicted molar refractivity (Wildman–Crippen MR) is 124 cm³/mol. The van der Waals surface area contributed by atoms with Gasteiger partial charge in [-0.3, -0.25) is 9.78 Å². The molecule has 2 aromatic carbocycles. The van der Waals surface area contributed by atoms with Crippen LogP contribution in [-0.2, 0) is 0 Å². The smallest absolute Gasteiger partial charge is 0.251 e. The zero-order valence-corrected chi connectivity index (χ0v) is 18.1. The van der Waals surface area contributed by atoms with Crippen LogP contribution in [-0.4, -0.2) is 37.7 Å². The first-order valence-electron chi connectivity index (χ1n) is 10.4. The standard InChI is InChI=1S/C25H22FN5O2/c1-14-6-7-17-20(12-14)30-24(22-18(26)4-3-5-21(22)32)31-23(17)19(27)13-15(2)29-25(33)16-8-10-28-11-9-16/h3-12,15,27,32H,13H2,1-2H3,(H,29,33)/t15-/m1/s1. The first kappa shape index (κ1) is 22.0. The van der Waals surface area contributed by atoms with Crippen LogP contribution in [0.5, 0.6) is 5.75 Å². The fraction of sp³-hybridized carbons (Fsp3) is 0.160. The van der Waals surface area contributed by atoms with E-state index in [-0.39, 0.29) is 41.2 Å². The molecule has 8 heteroatoms. The van der Waals surface area contributed by atoms with E-state index < -0.39 is 5.82 Å². The minimum atomic E-state index is -0.655. The number of aromatic hydroxyl groups is 1. The van der Waals surface area contributed by atoms with Crippen LogP contribution in [0.3, 0.4) is 0 Å². The van der Waals surface area contributed by atoms with Crippen LogP contribution in [0, 0.1) is 18.2 Å². The Morgan fingerprint density at radius 3 is 2.64 bits per heavy atom. The number of phenolic OH excluding ortho intramolecular Hbond substituents is 1. The van der Waals surface area contributed by atoms with Crippen molar-refractivity contribution < 1.29 is 14.3 Å². The summed E-state index contributed by atoms with van der Waals surface area (Å²) >= 11 is 0. The fourth-order valence-corrected chi connectivity index (χ4v) is 3.58. The summed E-state index contributed by atoms with van der Waals surface area (Å²) in [4.78, 5) is 25.2. The minimum Gasteiger partial charge on any atom is -0.507 e. The van der Waals surface area contributed by atoms with E-state index in [1.165, 1.54) is 30.6 Å². The lowest BCUT2D eigenvalue weighted by molar-refractivity contribution is 0.0941. The summed E-state index contributed by atoms with van der Waals surface area (Å²) in [5.74, 6) is -1.20. The topological polar surface area (TPSA) is 112 Å². The third kappa shape index (κ3) is 4.69. The molecule has 0 bridgehead atoms. The second-order valence-corrected chi connectivity index (χ2v) is 7.84. The van der Waals surface area contributed by atoms with Crippen LogP contribution < -0.4 is 5.32 Å². The van der Waals surface area contributed by atoms with Crippen molar-refractivity contribution in [1.82, 2.24) is 20.3 Å². The van der Waals surface area contributed by atoms with Gasteiger partial charge in [-0.25, -0.2) is 14.4 Å². The number of aryl methyl sites for hydroxylation is 1. The molecule has 0 spiro atoms. The Labute approximate surface area is 189 Å². The van der Waals surface area contributed by atoms with Gasteiger partial charge in [0.2, 0.25) is 0 Å². The van der Waals surface area contributed by atoms with Crippen molar-refractivity contribution in [3.8, 4) is 17.1 Å². The number of fused-ring (bicyclic) bond motifs is 1. The largest absolute Gasteiger partial charge is 0.507 e. The molecule has 2 heterocycles. The Morgan fingerprint density at radius 1 is 1.15 bits per heavy atom. The number of carbonyl (C=O) groups excluding carboxylic acids is 1. The zero-order chi connectivity index (χ0) is 23.5. The molecule has 4 aromatic rings. The molecule has 1 amide bonds. The van der Waals surface area contributed by atoms with Gasteiger partial charge in [0.25, 0.3) is 5.91 Å². The number of carbonyl (C=O) groups is 1. The van der Waals surface area contributed by atoms with Crippen LogP contribution in [0.2, 0.25) is 0 Å². The summed E-state index contributed by atoms with van der Waals surface area (Å²) in [7, 11) is 0. The van der Waals surface area contributed by atoms with Gasteiger partial charge in [-0.2, -0.15) is 0 Å². The van der Waals surface area contributed by atoms with E-state index in [4.69, 9.17) is 5.41 Å². The maximum atomic E-state index is 14.5. The number of pyridine rings is 1. The highest BCUT2D eigenvalue weighted by Gasteiger charge is 2.20. The van der Waals surface area contributed by atoms with E-state index in [1.807, 2.05) is 25.1 Å². The molecule has 4 rings (SSSR count). The van der Waals surface area contributed by atoms with Crippen molar-refractivity contribution in [2.75, 3.05) is 0 Å². The van der Waals surface area contributed by atoms with Gasteiger partial charge in [-0.15, -0.1) is 0 Å². The van der Waals surface area contributed by atoms with Gasteiger partial charge < -0.3 is 15.8 Å². The molecular formula is C25H22FN5O2. The molecule has 2 aromatic heterocycles. The zero-order valence-electron chi connectivity index (χ0n) is 18.1. The lowest BCUT2D eigenvalue weighted by atomic mass is 10.0. The third-order valence-corrected chi connectivity index (χ3v) is 5.18. The van der Waals surface area contributed by atoms with Gasteiger partial charge in [0.05, 0.1) is 22.5 Å². The van der Waals surface area contributed by atoms with Gasteiger partial charge >= 0.3 is 0 Å². The maximum absolute atomic E-state index is 14.5. The fourth-order valence-electron chi connectivity index (χ4n) is 3.58. The summed E-state index contributed by atoms with van der Waals surface area (Å²) in [6, 6.07) is 12.4. The Kier molecular flexibility index (Phi) is 6.08. The Bertz CT molecular complexity index is 1340. The number of phenols is 1. The lowest BCUT2D eigenvalue weighted by Gasteiger charge is -2.16. The molecule has 0 aliphatic carbocycles. The normalized spacial score (nSPS) is 11.8. The second-order valence-electron chi connectivity index (χ2n) is 7.84. The van der Waals surface area contributed by atoms with Crippen LogP contribution in [0.25, 0.3) is 22.3 Å². The number of hydrogen-bond acceptors (Lipinski definition) is 6. The average molecular weight is 443 g/mol. The minimum absolute atomic E-state index is 0.00285. The van der Waals surface area contributed by atoms with Crippen molar-refractivity contribution >= 4 is 22.5 Å². The molecule has 3 N–H and O–H groups in total.